The molecule has 3 rings (SSSR count). The molecule has 0 radical (unpaired) electrons. The molecule has 2 aliphatic rings. The molecule has 0 bridgehead atoms. The van der Waals surface area contributed by atoms with Crippen LogP contribution in [-0.4, -0.2) is 45.0 Å². The third-order valence-electron chi connectivity index (χ3n) is 3.75. The van der Waals surface area contributed by atoms with Crippen LogP contribution in [0.1, 0.15) is 20.1 Å². The number of aromatic nitrogens is 2. The number of rotatable bonds is 3. The molecule has 3 N–H and O–H groups in total. The molecule has 2 fully saturated rings. The van der Waals surface area contributed by atoms with Crippen molar-refractivity contribution >= 4 is 5.82 Å². The van der Waals surface area contributed by atoms with Gasteiger partial charge in [0.25, 0.3) is 0 Å². The number of aliphatic hydroxyl groups is 1. The first-order chi connectivity index (χ1) is 10.8. The molecule has 0 amide bonds. The Kier molecular flexibility index (Phi) is 3.54. The van der Waals surface area contributed by atoms with Crippen molar-refractivity contribution in [3.63, 3.8) is 0 Å². The average molecular weight is 324 g/mol. The van der Waals surface area contributed by atoms with E-state index in [0.29, 0.717) is 0 Å². The summed E-state index contributed by atoms with van der Waals surface area (Å²) in [4.78, 5) is 18.4. The minimum Gasteiger partial charge on any atom is -0.393 e. The first kappa shape index (κ1) is 15.7. The molecule has 4 atom stereocenters. The second-order valence-corrected chi connectivity index (χ2v) is 5.76. The molecule has 3 heterocycles. The van der Waals surface area contributed by atoms with Gasteiger partial charge in [-0.15, -0.1) is 0 Å². The largest absolute Gasteiger partial charge is 0.393 e. The van der Waals surface area contributed by atoms with Crippen LogP contribution in [0.15, 0.2) is 22.2 Å². The molecule has 0 aromatic carbocycles. The zero-order chi connectivity index (χ0) is 16.8. The van der Waals surface area contributed by atoms with Crippen molar-refractivity contribution in [2.24, 2.45) is 5.11 Å². The van der Waals surface area contributed by atoms with E-state index in [0.717, 1.165) is 4.57 Å². The molecule has 0 unspecified atom stereocenters. The summed E-state index contributed by atoms with van der Waals surface area (Å²) in [5, 5.41) is 13.2. The van der Waals surface area contributed by atoms with Crippen molar-refractivity contribution in [2.45, 2.75) is 43.8 Å². The van der Waals surface area contributed by atoms with Crippen LogP contribution in [-0.2, 0) is 14.2 Å². The topological polar surface area (TPSA) is 158 Å². The summed E-state index contributed by atoms with van der Waals surface area (Å²) in [6.07, 6.45) is -1.25. The van der Waals surface area contributed by atoms with E-state index >= 15 is 0 Å². The predicted molar refractivity (Wildman–Crippen MR) is 75.8 cm³/mol. The summed E-state index contributed by atoms with van der Waals surface area (Å²) >= 11 is 0. The van der Waals surface area contributed by atoms with E-state index in [1.807, 2.05) is 0 Å². The van der Waals surface area contributed by atoms with Crippen LogP contribution in [0.4, 0.5) is 5.82 Å². The van der Waals surface area contributed by atoms with Gasteiger partial charge in [0, 0.05) is 11.1 Å². The third-order valence-corrected chi connectivity index (χ3v) is 3.75. The van der Waals surface area contributed by atoms with Crippen LogP contribution in [0.25, 0.3) is 10.4 Å². The monoisotopic (exact) mass is 324 g/mol. The summed E-state index contributed by atoms with van der Waals surface area (Å²) in [7, 11) is 0. The van der Waals surface area contributed by atoms with Crippen LogP contribution in [0, 0.1) is 0 Å². The molecule has 2 saturated heterocycles. The minimum atomic E-state index is -1.70. The third kappa shape index (κ3) is 2.44. The van der Waals surface area contributed by atoms with Gasteiger partial charge in [0.05, 0.1) is 6.61 Å². The molecule has 0 spiro atoms. The van der Waals surface area contributed by atoms with Gasteiger partial charge in [0.1, 0.15) is 18.0 Å². The van der Waals surface area contributed by atoms with Gasteiger partial charge in [-0.05, 0) is 25.4 Å². The highest BCUT2D eigenvalue weighted by molar-refractivity contribution is 5.23. The van der Waals surface area contributed by atoms with Gasteiger partial charge >= 0.3 is 5.69 Å². The van der Waals surface area contributed by atoms with Gasteiger partial charge in [-0.1, -0.05) is 5.11 Å². The number of aliphatic hydroxyl groups excluding tert-OH is 1. The fourth-order valence-corrected chi connectivity index (χ4v) is 2.84. The molecule has 11 nitrogen and oxygen atoms in total. The molecular weight excluding hydrogens is 308 g/mol. The predicted octanol–water partition coefficient (Wildman–Crippen LogP) is -0.127. The van der Waals surface area contributed by atoms with Gasteiger partial charge in [-0.3, -0.25) is 4.57 Å². The SMILES string of the molecule is CC1(C)O[C@H]2[C@H](n3ccc(N)nc3=O)O[C@@](CO)(N=[N+]=[N-])[C@H]2O1. The molecule has 124 valence electrons. The summed E-state index contributed by atoms with van der Waals surface area (Å²) in [6, 6.07) is 1.42. The number of nitrogens with two attached hydrogens (primary N) is 1. The normalized spacial score (nSPS) is 34.8. The van der Waals surface area contributed by atoms with E-state index in [1.165, 1.54) is 12.3 Å². The molecule has 1 aromatic heterocycles. The highest BCUT2D eigenvalue weighted by Gasteiger charge is 2.63. The Morgan fingerprint density at radius 1 is 1.52 bits per heavy atom. The maximum atomic E-state index is 12.1. The fourth-order valence-electron chi connectivity index (χ4n) is 2.84. The number of anilines is 1. The quantitative estimate of drug-likeness (QED) is 0.445. The lowest BCUT2D eigenvalue weighted by atomic mass is 10.1. The molecule has 11 heteroatoms. The van der Waals surface area contributed by atoms with E-state index in [1.54, 1.807) is 13.8 Å². The van der Waals surface area contributed by atoms with Gasteiger partial charge in [0.15, 0.2) is 12.0 Å². The van der Waals surface area contributed by atoms with Gasteiger partial charge in [0.2, 0.25) is 5.72 Å². The molecule has 23 heavy (non-hydrogen) atoms. The second kappa shape index (κ2) is 5.18. The lowest BCUT2D eigenvalue weighted by Crippen LogP contribution is -2.44. The van der Waals surface area contributed by atoms with Gasteiger partial charge < -0.3 is 25.1 Å². The number of hydrogen-bond acceptors (Lipinski definition) is 8. The molecule has 0 aliphatic carbocycles. The Morgan fingerprint density at radius 3 is 2.87 bits per heavy atom. The number of nitrogens with zero attached hydrogens (tertiary/aromatic N) is 5. The van der Waals surface area contributed by atoms with Crippen LogP contribution in [0.2, 0.25) is 0 Å². The van der Waals surface area contributed by atoms with Crippen LogP contribution >= 0.6 is 0 Å². The number of nitrogen functional groups attached to an aromatic ring is 1. The smallest absolute Gasteiger partial charge is 0.351 e. The van der Waals surface area contributed by atoms with Crippen molar-refractivity contribution in [1.29, 1.82) is 0 Å². The van der Waals surface area contributed by atoms with Crippen molar-refractivity contribution in [1.82, 2.24) is 9.55 Å². The van der Waals surface area contributed by atoms with Gasteiger partial charge in [-0.25, -0.2) is 4.79 Å². The number of ether oxygens (including phenoxy) is 3. The lowest BCUT2D eigenvalue weighted by Gasteiger charge is -2.29. The first-order valence-electron chi connectivity index (χ1n) is 6.87. The van der Waals surface area contributed by atoms with Crippen LogP contribution in [0.3, 0.4) is 0 Å². The van der Waals surface area contributed by atoms with Crippen molar-refractivity contribution < 1.29 is 19.3 Å². The number of azide groups is 1. The lowest BCUT2D eigenvalue weighted by molar-refractivity contribution is -0.225. The standard InChI is InChI=1S/C12H16N6O5/c1-11(2)21-7-8(22-11)12(5-19,16-17-14)23-9(7)18-4-3-6(13)15-10(18)20/h3-4,7-9,19H,5H2,1-2H3,(H2,13,15,20)/t7-,8+,9-,12-/m1/s1. The average Bonchev–Trinajstić information content (AvgIpc) is 2.93. The maximum Gasteiger partial charge on any atom is 0.351 e. The fraction of sp³-hybridized carbons (Fsp3) is 0.667. The Hall–Kier alpha value is -2.17. The maximum absolute atomic E-state index is 12.1. The Balaban J connectivity index is 2.08. The zero-order valence-corrected chi connectivity index (χ0v) is 12.5. The van der Waals surface area contributed by atoms with E-state index in [4.69, 9.17) is 25.5 Å². The van der Waals surface area contributed by atoms with E-state index in [9.17, 15) is 9.90 Å². The zero-order valence-electron chi connectivity index (χ0n) is 12.5. The van der Waals surface area contributed by atoms with Crippen LogP contribution in [0.5, 0.6) is 0 Å². The highest BCUT2D eigenvalue weighted by Crippen LogP contribution is 2.48. The summed E-state index contributed by atoms with van der Waals surface area (Å²) < 4.78 is 18.3. The summed E-state index contributed by atoms with van der Waals surface area (Å²) in [5.41, 5.74) is 11.9. The van der Waals surface area contributed by atoms with Crippen molar-refractivity contribution in [3.05, 3.63) is 33.2 Å². The molecule has 1 aromatic rings. The minimum absolute atomic E-state index is 0.0631. The van der Waals surface area contributed by atoms with E-state index in [2.05, 4.69) is 15.0 Å². The molecule has 2 aliphatic heterocycles. The highest BCUT2D eigenvalue weighted by atomic mass is 16.8. The van der Waals surface area contributed by atoms with Crippen molar-refractivity contribution in [3.8, 4) is 0 Å². The Labute approximate surface area is 130 Å². The van der Waals surface area contributed by atoms with Crippen LogP contribution < -0.4 is 11.4 Å². The Morgan fingerprint density at radius 2 is 2.26 bits per heavy atom. The molecule has 0 saturated carbocycles. The van der Waals surface area contributed by atoms with E-state index < -0.39 is 42.2 Å². The Bertz CT molecular complexity index is 729. The number of hydrogen-bond donors (Lipinski definition) is 2. The summed E-state index contributed by atoms with van der Waals surface area (Å²) in [6.45, 7) is 2.71. The second-order valence-electron chi connectivity index (χ2n) is 5.76. The first-order valence-corrected chi connectivity index (χ1v) is 6.87. The molecular formula is C12H16N6O5. The van der Waals surface area contributed by atoms with Crippen molar-refractivity contribution in [2.75, 3.05) is 12.3 Å². The summed E-state index contributed by atoms with van der Waals surface area (Å²) in [5.74, 6) is -0.929. The number of fused-ring (bicyclic) bond motifs is 1. The van der Waals surface area contributed by atoms with E-state index in [-0.39, 0.29) is 5.82 Å². The van der Waals surface area contributed by atoms with Gasteiger partial charge in [-0.2, -0.15) is 4.98 Å².